The Hall–Kier alpha value is -0.0800. The van der Waals surface area contributed by atoms with Crippen LogP contribution in [-0.2, 0) is 0 Å². The van der Waals surface area contributed by atoms with Gasteiger partial charge in [0.1, 0.15) is 0 Å². The lowest BCUT2D eigenvalue weighted by Crippen LogP contribution is -2.17. The van der Waals surface area contributed by atoms with E-state index in [-0.39, 0.29) is 6.10 Å². The second-order valence-corrected chi connectivity index (χ2v) is 4.26. The maximum atomic E-state index is 9.38. The minimum Gasteiger partial charge on any atom is -0.393 e. The molecule has 0 radical (unpaired) electrons. The number of hydrogen-bond acceptors (Lipinski definition) is 2. The Kier molecular flexibility index (Phi) is 5.51. The fraction of sp³-hybridized carbons (Fsp3) is 1.00. The lowest BCUT2D eigenvalue weighted by atomic mass is 10.00. The third-order valence-corrected chi connectivity index (χ3v) is 1.91. The lowest BCUT2D eigenvalue weighted by Gasteiger charge is -2.16. The SMILES string of the molecule is CC(O)CCCCCC(C)(C)O. The van der Waals surface area contributed by atoms with Crippen LogP contribution in [0.5, 0.6) is 0 Å². The molecule has 0 aliphatic heterocycles. The number of aliphatic hydroxyl groups is 2. The molecule has 0 aromatic heterocycles. The molecule has 0 aromatic rings. The van der Waals surface area contributed by atoms with Crippen molar-refractivity contribution in [2.75, 3.05) is 0 Å². The molecule has 2 heteroatoms. The molecule has 0 spiro atoms. The van der Waals surface area contributed by atoms with E-state index in [4.69, 9.17) is 5.11 Å². The van der Waals surface area contributed by atoms with Gasteiger partial charge in [-0.1, -0.05) is 19.3 Å². The van der Waals surface area contributed by atoms with Gasteiger partial charge in [-0.2, -0.15) is 0 Å². The first kappa shape index (κ1) is 11.9. The second-order valence-electron chi connectivity index (χ2n) is 4.26. The van der Waals surface area contributed by atoms with Gasteiger partial charge in [0.15, 0.2) is 0 Å². The molecule has 2 N–H and O–H groups in total. The average Bonchev–Trinajstić information content (AvgIpc) is 1.83. The Morgan fingerprint density at radius 2 is 1.75 bits per heavy atom. The predicted molar refractivity (Wildman–Crippen MR) is 51.1 cm³/mol. The molecule has 74 valence electrons. The van der Waals surface area contributed by atoms with Crippen molar-refractivity contribution in [3.63, 3.8) is 0 Å². The Bertz CT molecular complexity index is 103. The van der Waals surface area contributed by atoms with E-state index in [9.17, 15) is 5.11 Å². The van der Waals surface area contributed by atoms with Gasteiger partial charge in [-0.3, -0.25) is 0 Å². The third kappa shape index (κ3) is 9.92. The van der Waals surface area contributed by atoms with Gasteiger partial charge in [-0.05, 0) is 33.6 Å². The highest BCUT2D eigenvalue weighted by molar-refractivity contribution is 4.64. The van der Waals surface area contributed by atoms with E-state index in [0.717, 1.165) is 32.1 Å². The Balaban J connectivity index is 3.12. The largest absolute Gasteiger partial charge is 0.393 e. The van der Waals surface area contributed by atoms with E-state index in [1.165, 1.54) is 0 Å². The fourth-order valence-electron chi connectivity index (χ4n) is 1.17. The highest BCUT2D eigenvalue weighted by Gasteiger charge is 2.10. The van der Waals surface area contributed by atoms with Crippen LogP contribution in [0.25, 0.3) is 0 Å². The summed E-state index contributed by atoms with van der Waals surface area (Å²) < 4.78 is 0. The second kappa shape index (κ2) is 5.55. The van der Waals surface area contributed by atoms with Crippen LogP contribution in [0.15, 0.2) is 0 Å². The van der Waals surface area contributed by atoms with E-state index in [1.54, 1.807) is 0 Å². The molecule has 2 nitrogen and oxygen atoms in total. The number of rotatable bonds is 6. The maximum absolute atomic E-state index is 9.38. The quantitative estimate of drug-likeness (QED) is 0.605. The van der Waals surface area contributed by atoms with Gasteiger partial charge >= 0.3 is 0 Å². The van der Waals surface area contributed by atoms with Crippen LogP contribution in [0.2, 0.25) is 0 Å². The molecule has 0 aliphatic carbocycles. The van der Waals surface area contributed by atoms with Crippen LogP contribution in [0.3, 0.4) is 0 Å². The fourth-order valence-corrected chi connectivity index (χ4v) is 1.17. The highest BCUT2D eigenvalue weighted by atomic mass is 16.3. The summed E-state index contributed by atoms with van der Waals surface area (Å²) in [6.45, 7) is 5.49. The van der Waals surface area contributed by atoms with Gasteiger partial charge in [0.25, 0.3) is 0 Å². The van der Waals surface area contributed by atoms with Gasteiger partial charge in [0.05, 0.1) is 11.7 Å². The summed E-state index contributed by atoms with van der Waals surface area (Å²) in [6, 6.07) is 0. The molecule has 0 rings (SSSR count). The van der Waals surface area contributed by atoms with Gasteiger partial charge in [-0.25, -0.2) is 0 Å². The molecule has 0 saturated carbocycles. The zero-order valence-corrected chi connectivity index (χ0v) is 8.51. The Morgan fingerprint density at radius 1 is 1.17 bits per heavy atom. The highest BCUT2D eigenvalue weighted by Crippen LogP contribution is 2.14. The van der Waals surface area contributed by atoms with Crippen LogP contribution >= 0.6 is 0 Å². The molecule has 0 saturated heterocycles. The molecule has 0 bridgehead atoms. The van der Waals surface area contributed by atoms with E-state index >= 15 is 0 Å². The average molecular weight is 174 g/mol. The molecule has 0 aromatic carbocycles. The zero-order chi connectivity index (χ0) is 9.61. The van der Waals surface area contributed by atoms with Crippen LogP contribution in [-0.4, -0.2) is 21.9 Å². The summed E-state index contributed by atoms with van der Waals surface area (Å²) in [4.78, 5) is 0. The maximum Gasteiger partial charge on any atom is 0.0591 e. The lowest BCUT2D eigenvalue weighted by molar-refractivity contribution is 0.0677. The van der Waals surface area contributed by atoms with E-state index in [1.807, 2.05) is 20.8 Å². The van der Waals surface area contributed by atoms with Gasteiger partial charge in [-0.15, -0.1) is 0 Å². The first-order valence-electron chi connectivity index (χ1n) is 4.82. The summed E-state index contributed by atoms with van der Waals surface area (Å²) in [5.41, 5.74) is -0.523. The van der Waals surface area contributed by atoms with Crippen molar-refractivity contribution in [2.24, 2.45) is 0 Å². The molecule has 0 amide bonds. The van der Waals surface area contributed by atoms with Crippen LogP contribution in [0.1, 0.15) is 52.9 Å². The van der Waals surface area contributed by atoms with E-state index in [0.29, 0.717) is 0 Å². The first-order valence-corrected chi connectivity index (χ1v) is 4.82. The van der Waals surface area contributed by atoms with E-state index < -0.39 is 5.60 Å². The van der Waals surface area contributed by atoms with Crippen LogP contribution in [0, 0.1) is 0 Å². The number of hydrogen-bond donors (Lipinski definition) is 2. The molecule has 1 unspecified atom stereocenters. The van der Waals surface area contributed by atoms with E-state index in [2.05, 4.69) is 0 Å². The standard InChI is InChI=1S/C10H22O2/c1-9(11)7-5-4-6-8-10(2,3)12/h9,11-12H,4-8H2,1-3H3. The normalized spacial score (nSPS) is 14.8. The van der Waals surface area contributed by atoms with Crippen molar-refractivity contribution in [1.29, 1.82) is 0 Å². The molecule has 1 atom stereocenters. The molecule has 0 aliphatic rings. The van der Waals surface area contributed by atoms with Crippen molar-refractivity contribution < 1.29 is 10.2 Å². The molecule has 0 fully saturated rings. The van der Waals surface area contributed by atoms with Crippen molar-refractivity contribution in [1.82, 2.24) is 0 Å². The van der Waals surface area contributed by atoms with Gasteiger partial charge < -0.3 is 10.2 Å². The molecule has 0 heterocycles. The zero-order valence-electron chi connectivity index (χ0n) is 8.51. The number of unbranched alkanes of at least 4 members (excludes halogenated alkanes) is 2. The van der Waals surface area contributed by atoms with Gasteiger partial charge in [0.2, 0.25) is 0 Å². The van der Waals surface area contributed by atoms with Crippen molar-refractivity contribution >= 4 is 0 Å². The smallest absolute Gasteiger partial charge is 0.0591 e. The minimum absolute atomic E-state index is 0.174. The summed E-state index contributed by atoms with van der Waals surface area (Å²) >= 11 is 0. The molecule has 12 heavy (non-hydrogen) atoms. The summed E-state index contributed by atoms with van der Waals surface area (Å²) in [7, 11) is 0. The summed E-state index contributed by atoms with van der Waals surface area (Å²) in [5, 5.41) is 18.3. The van der Waals surface area contributed by atoms with Crippen molar-refractivity contribution in [3.05, 3.63) is 0 Å². The monoisotopic (exact) mass is 174 g/mol. The van der Waals surface area contributed by atoms with Crippen molar-refractivity contribution in [3.8, 4) is 0 Å². The van der Waals surface area contributed by atoms with Gasteiger partial charge in [0, 0.05) is 0 Å². The minimum atomic E-state index is -0.523. The summed E-state index contributed by atoms with van der Waals surface area (Å²) in [5.74, 6) is 0. The predicted octanol–water partition coefficient (Wildman–Crippen LogP) is 2.09. The molecular weight excluding hydrogens is 152 g/mol. The van der Waals surface area contributed by atoms with Crippen molar-refractivity contribution in [2.45, 2.75) is 64.6 Å². The summed E-state index contributed by atoms with van der Waals surface area (Å²) in [6.07, 6.45) is 4.78. The first-order chi connectivity index (χ1) is 5.42. The molecular formula is C10H22O2. The third-order valence-electron chi connectivity index (χ3n) is 1.91. The Labute approximate surface area is 75.6 Å². The Morgan fingerprint density at radius 3 is 2.17 bits per heavy atom. The van der Waals surface area contributed by atoms with Crippen LogP contribution in [0.4, 0.5) is 0 Å². The van der Waals surface area contributed by atoms with Crippen LogP contribution < -0.4 is 0 Å². The number of aliphatic hydroxyl groups excluding tert-OH is 1. The topological polar surface area (TPSA) is 40.5 Å².